The van der Waals surface area contributed by atoms with Gasteiger partial charge in [0, 0.05) is 12.0 Å². The van der Waals surface area contributed by atoms with Crippen molar-refractivity contribution in [2.75, 3.05) is 13.6 Å². The molecule has 7 nitrogen and oxygen atoms in total. The lowest BCUT2D eigenvalue weighted by Crippen LogP contribution is -2.53. The Morgan fingerprint density at radius 3 is 2.17 bits per heavy atom. The molecule has 2 atom stereocenters. The number of carbonyl (C=O) groups is 3. The molecule has 0 fully saturated rings. The monoisotopic (exact) mass is 342 g/mol. The normalized spacial score (nSPS) is 14.1. The Labute approximate surface area is 145 Å². The van der Waals surface area contributed by atoms with Crippen LogP contribution in [-0.4, -0.2) is 43.4 Å². The third-order valence-electron chi connectivity index (χ3n) is 4.41. The summed E-state index contributed by atoms with van der Waals surface area (Å²) in [6.07, 6.45) is 1.71. The van der Waals surface area contributed by atoms with Gasteiger partial charge in [0.05, 0.1) is 12.1 Å². The molecule has 140 valence electrons. The number of hydrogen-bond acceptors (Lipinski definition) is 4. The van der Waals surface area contributed by atoms with E-state index in [2.05, 4.69) is 16.0 Å². The summed E-state index contributed by atoms with van der Waals surface area (Å²) in [5.41, 5.74) is 4.52. The summed E-state index contributed by atoms with van der Waals surface area (Å²) in [5.74, 6) is -0.0573. The molecule has 0 aromatic rings. The molecule has 0 saturated carbocycles. The number of Topliss-reactive ketones (excluding diaryl/α,β-unsaturated/α-hetero) is 1. The smallest absolute Gasteiger partial charge is 0.312 e. The lowest BCUT2D eigenvalue weighted by molar-refractivity contribution is -0.134. The van der Waals surface area contributed by atoms with Gasteiger partial charge in [0.15, 0.2) is 5.78 Å². The van der Waals surface area contributed by atoms with E-state index < -0.39 is 17.5 Å². The van der Waals surface area contributed by atoms with Crippen molar-refractivity contribution < 1.29 is 14.4 Å². The highest BCUT2D eigenvalue weighted by molar-refractivity contribution is 5.93. The molecule has 3 amide bonds. The van der Waals surface area contributed by atoms with Crippen molar-refractivity contribution in [1.29, 1.82) is 0 Å². The first-order valence-electron chi connectivity index (χ1n) is 8.62. The molecule has 0 heterocycles. The van der Waals surface area contributed by atoms with Gasteiger partial charge in [-0.3, -0.25) is 9.59 Å². The summed E-state index contributed by atoms with van der Waals surface area (Å²) in [7, 11) is 1.73. The molecule has 2 unspecified atom stereocenters. The van der Waals surface area contributed by atoms with E-state index in [1.165, 1.54) is 0 Å². The van der Waals surface area contributed by atoms with Crippen LogP contribution in [0.4, 0.5) is 4.79 Å². The summed E-state index contributed by atoms with van der Waals surface area (Å²) in [6, 6.07) is -1.52. The van der Waals surface area contributed by atoms with E-state index in [1.807, 2.05) is 34.6 Å². The number of amides is 3. The molecule has 0 aromatic carbocycles. The zero-order valence-electron chi connectivity index (χ0n) is 15.9. The van der Waals surface area contributed by atoms with Crippen LogP contribution in [0.2, 0.25) is 0 Å². The Morgan fingerprint density at radius 2 is 1.75 bits per heavy atom. The number of likely N-dealkylation sites (N-methyl/N-ethyl adjacent to an activating group) is 1. The maximum Gasteiger partial charge on any atom is 0.312 e. The van der Waals surface area contributed by atoms with Crippen LogP contribution < -0.4 is 21.7 Å². The van der Waals surface area contributed by atoms with Crippen molar-refractivity contribution in [3.8, 4) is 0 Å². The summed E-state index contributed by atoms with van der Waals surface area (Å²) >= 11 is 0. The third kappa shape index (κ3) is 7.29. The maximum absolute atomic E-state index is 12.8. The predicted molar refractivity (Wildman–Crippen MR) is 95.5 cm³/mol. The van der Waals surface area contributed by atoms with E-state index in [-0.39, 0.29) is 23.7 Å². The van der Waals surface area contributed by atoms with Gasteiger partial charge >= 0.3 is 6.03 Å². The molecule has 5 N–H and O–H groups in total. The van der Waals surface area contributed by atoms with Crippen molar-refractivity contribution in [3.63, 3.8) is 0 Å². The fourth-order valence-corrected chi connectivity index (χ4v) is 2.46. The molecule has 0 bridgehead atoms. The average Bonchev–Trinajstić information content (AvgIpc) is 2.49. The van der Waals surface area contributed by atoms with Gasteiger partial charge in [0.1, 0.15) is 0 Å². The largest absolute Gasteiger partial charge is 0.352 e. The third-order valence-corrected chi connectivity index (χ3v) is 4.41. The average molecular weight is 342 g/mol. The Kier molecular flexibility index (Phi) is 9.58. The standard InChI is InChI=1S/C17H34N4O3/c1-7-17(4,5)14(22)12(9-8-10-20-16(18)24)21-15(23)13(19-6)11(2)3/h11-13,19H,7-10H2,1-6H3,(H,21,23)(H3,18,20,24). The number of ketones is 1. The van der Waals surface area contributed by atoms with Crippen molar-refractivity contribution in [2.45, 2.75) is 66.0 Å². The van der Waals surface area contributed by atoms with Gasteiger partial charge in [0.2, 0.25) is 5.91 Å². The van der Waals surface area contributed by atoms with Gasteiger partial charge < -0.3 is 21.7 Å². The number of nitrogens with two attached hydrogens (primary N) is 1. The van der Waals surface area contributed by atoms with Crippen LogP contribution in [0.25, 0.3) is 0 Å². The van der Waals surface area contributed by atoms with E-state index in [4.69, 9.17) is 5.73 Å². The second-order valence-electron chi connectivity index (χ2n) is 7.11. The summed E-state index contributed by atoms with van der Waals surface area (Å²) in [4.78, 5) is 36.0. The first-order chi connectivity index (χ1) is 11.1. The highest BCUT2D eigenvalue weighted by Crippen LogP contribution is 2.24. The zero-order chi connectivity index (χ0) is 18.9. The second kappa shape index (κ2) is 10.3. The van der Waals surface area contributed by atoms with Crippen molar-refractivity contribution in [1.82, 2.24) is 16.0 Å². The van der Waals surface area contributed by atoms with E-state index in [0.29, 0.717) is 25.8 Å². The van der Waals surface area contributed by atoms with Gasteiger partial charge in [-0.25, -0.2) is 4.79 Å². The molecule has 0 aromatic heterocycles. The molecule has 0 aliphatic carbocycles. The maximum atomic E-state index is 12.8. The molecule has 0 spiro atoms. The molecule has 0 radical (unpaired) electrons. The van der Waals surface area contributed by atoms with Crippen LogP contribution in [0.1, 0.15) is 53.9 Å². The molecule has 0 aliphatic heterocycles. The molecule has 0 rings (SSSR count). The van der Waals surface area contributed by atoms with Crippen LogP contribution in [0.15, 0.2) is 0 Å². The number of hydrogen-bond donors (Lipinski definition) is 4. The van der Waals surface area contributed by atoms with Crippen LogP contribution in [-0.2, 0) is 9.59 Å². The summed E-state index contributed by atoms with van der Waals surface area (Å²) in [5, 5.41) is 8.37. The van der Waals surface area contributed by atoms with Crippen molar-refractivity contribution >= 4 is 17.7 Å². The molecule has 0 aliphatic rings. The van der Waals surface area contributed by atoms with Gasteiger partial charge in [-0.15, -0.1) is 0 Å². The number of carbonyl (C=O) groups excluding carboxylic acids is 3. The minimum Gasteiger partial charge on any atom is -0.352 e. The summed E-state index contributed by atoms with van der Waals surface area (Å²) in [6.45, 7) is 9.99. The zero-order valence-corrected chi connectivity index (χ0v) is 15.9. The fourth-order valence-electron chi connectivity index (χ4n) is 2.46. The molecule has 0 saturated heterocycles. The minimum atomic E-state index is -0.592. The number of rotatable bonds is 11. The van der Waals surface area contributed by atoms with Gasteiger partial charge in [-0.2, -0.15) is 0 Å². The van der Waals surface area contributed by atoms with E-state index in [9.17, 15) is 14.4 Å². The van der Waals surface area contributed by atoms with Gasteiger partial charge in [-0.1, -0.05) is 34.6 Å². The van der Waals surface area contributed by atoms with E-state index in [1.54, 1.807) is 7.05 Å². The van der Waals surface area contributed by atoms with Crippen LogP contribution in [0.3, 0.4) is 0 Å². The molecule has 7 heteroatoms. The summed E-state index contributed by atoms with van der Waals surface area (Å²) < 4.78 is 0. The Balaban J connectivity index is 5.01. The second-order valence-corrected chi connectivity index (χ2v) is 7.11. The van der Waals surface area contributed by atoms with Crippen LogP contribution >= 0.6 is 0 Å². The molecule has 24 heavy (non-hydrogen) atoms. The Hall–Kier alpha value is -1.63. The highest BCUT2D eigenvalue weighted by atomic mass is 16.2. The van der Waals surface area contributed by atoms with E-state index in [0.717, 1.165) is 0 Å². The van der Waals surface area contributed by atoms with Gasteiger partial charge in [-0.05, 0) is 32.2 Å². The SMILES string of the molecule is CCC(C)(C)C(=O)C(CCCNC(N)=O)NC(=O)C(NC)C(C)C. The number of nitrogens with one attached hydrogen (secondary N) is 3. The lowest BCUT2D eigenvalue weighted by Gasteiger charge is -2.30. The first-order valence-corrected chi connectivity index (χ1v) is 8.62. The highest BCUT2D eigenvalue weighted by Gasteiger charge is 2.34. The fraction of sp³-hybridized carbons (Fsp3) is 0.824. The molecular weight excluding hydrogens is 308 g/mol. The minimum absolute atomic E-state index is 0.0102. The van der Waals surface area contributed by atoms with Crippen LogP contribution in [0.5, 0.6) is 0 Å². The van der Waals surface area contributed by atoms with Gasteiger partial charge in [0.25, 0.3) is 0 Å². The predicted octanol–water partition coefficient (Wildman–Crippen LogP) is 1.17. The first kappa shape index (κ1) is 22.4. The number of primary amides is 1. The van der Waals surface area contributed by atoms with Crippen LogP contribution in [0, 0.1) is 11.3 Å². The van der Waals surface area contributed by atoms with Crippen molar-refractivity contribution in [2.24, 2.45) is 17.1 Å². The quantitative estimate of drug-likeness (QED) is 0.422. The Morgan fingerprint density at radius 1 is 1.17 bits per heavy atom. The Bertz CT molecular complexity index is 436. The topological polar surface area (TPSA) is 113 Å². The van der Waals surface area contributed by atoms with Crippen molar-refractivity contribution in [3.05, 3.63) is 0 Å². The number of urea groups is 1. The van der Waals surface area contributed by atoms with E-state index >= 15 is 0 Å². The molecular formula is C17H34N4O3. The lowest BCUT2D eigenvalue weighted by atomic mass is 9.80.